The van der Waals surface area contributed by atoms with Crippen molar-refractivity contribution in [2.45, 2.75) is 30.6 Å². The molecule has 1 unspecified atom stereocenters. The molecule has 2 amide bonds. The molecule has 0 radical (unpaired) electrons. The van der Waals surface area contributed by atoms with Crippen LogP contribution >= 0.6 is 0 Å². The van der Waals surface area contributed by atoms with E-state index in [1.165, 1.54) is 0 Å². The lowest BCUT2D eigenvalue weighted by molar-refractivity contribution is -0.257. The highest BCUT2D eigenvalue weighted by Gasteiger charge is 2.47. The molecule has 1 aliphatic rings. The first-order valence-corrected chi connectivity index (χ1v) is 4.66. The Kier molecular flexibility index (Phi) is 4.31. The van der Waals surface area contributed by atoms with Crippen molar-refractivity contribution in [2.75, 3.05) is 6.61 Å². The summed E-state index contributed by atoms with van der Waals surface area (Å²) >= 11 is 0. The number of aliphatic hydroxyl groups is 4. The van der Waals surface area contributed by atoms with E-state index in [0.717, 1.165) is 0 Å². The Balaban J connectivity index is 2.91. The number of carbonyl (C=O) groups excluding carboxylic acids is 1. The van der Waals surface area contributed by atoms with Gasteiger partial charge in [-0.2, -0.15) is 0 Å². The summed E-state index contributed by atoms with van der Waals surface area (Å²) in [5, 5.41) is 39.5. The van der Waals surface area contributed by atoms with Crippen LogP contribution < -0.4 is 5.73 Å². The van der Waals surface area contributed by atoms with Gasteiger partial charge in [-0.1, -0.05) is 0 Å². The summed E-state index contributed by atoms with van der Waals surface area (Å²) in [6.45, 7) is -0.688. The van der Waals surface area contributed by atoms with Crippen LogP contribution in [0.1, 0.15) is 0 Å². The van der Waals surface area contributed by atoms with Crippen LogP contribution in [0.5, 0.6) is 0 Å². The van der Waals surface area contributed by atoms with Gasteiger partial charge in [-0.15, -0.1) is 9.92 Å². The molecule has 1 saturated heterocycles. The minimum absolute atomic E-state index is 0.0719. The van der Waals surface area contributed by atoms with Crippen molar-refractivity contribution >= 4 is 6.03 Å². The molecule has 0 aromatic heterocycles. The number of nitrogens with zero attached hydrogens (tertiary/aromatic N) is 2. The topological polar surface area (TPSA) is 166 Å². The van der Waals surface area contributed by atoms with Crippen molar-refractivity contribution in [3.63, 3.8) is 0 Å². The molecule has 10 nitrogen and oxygen atoms in total. The Bertz CT molecular complexity index is 299. The molecule has 6 N–H and O–H groups in total. The molecule has 1 aliphatic heterocycles. The van der Waals surface area contributed by atoms with Crippen molar-refractivity contribution in [3.05, 3.63) is 4.91 Å². The summed E-state index contributed by atoms with van der Waals surface area (Å²) in [5.41, 5.74) is 4.80. The summed E-state index contributed by atoms with van der Waals surface area (Å²) in [7, 11) is 0. The van der Waals surface area contributed by atoms with E-state index in [1.54, 1.807) is 0 Å². The third-order valence-electron chi connectivity index (χ3n) is 2.42. The lowest BCUT2D eigenvalue weighted by Gasteiger charge is -2.41. The third kappa shape index (κ3) is 2.50. The molecule has 0 spiro atoms. The molecule has 1 fully saturated rings. The van der Waals surface area contributed by atoms with Crippen LogP contribution in [0.2, 0.25) is 0 Å². The van der Waals surface area contributed by atoms with Crippen molar-refractivity contribution in [1.82, 2.24) is 5.01 Å². The SMILES string of the molecule is NC(=O)N(N=O)[C@H]1OC(CO)[C@@H](O)[C@@H](O)[C@@H]1O. The van der Waals surface area contributed by atoms with Crippen molar-refractivity contribution in [2.24, 2.45) is 11.0 Å². The molecule has 10 heteroatoms. The van der Waals surface area contributed by atoms with E-state index in [-0.39, 0.29) is 5.01 Å². The van der Waals surface area contributed by atoms with E-state index in [4.69, 9.17) is 15.6 Å². The number of hydrogen-bond acceptors (Lipinski definition) is 8. The molecule has 1 heterocycles. The summed E-state index contributed by atoms with van der Waals surface area (Å²) in [5.74, 6) is 0. The zero-order valence-electron chi connectivity index (χ0n) is 8.58. The fourth-order valence-corrected chi connectivity index (χ4v) is 1.50. The third-order valence-corrected chi connectivity index (χ3v) is 2.42. The van der Waals surface area contributed by atoms with Crippen molar-refractivity contribution in [3.8, 4) is 0 Å². The van der Waals surface area contributed by atoms with Crippen LogP contribution in [0.3, 0.4) is 0 Å². The van der Waals surface area contributed by atoms with Gasteiger partial charge in [0, 0.05) is 0 Å². The van der Waals surface area contributed by atoms with Gasteiger partial charge in [0.2, 0.25) is 0 Å². The number of aliphatic hydroxyl groups excluding tert-OH is 4. The second-order valence-corrected chi connectivity index (χ2v) is 3.48. The molecular formula is C7H13N3O7. The van der Waals surface area contributed by atoms with Gasteiger partial charge in [0.1, 0.15) is 24.4 Å². The highest BCUT2D eigenvalue weighted by molar-refractivity contribution is 5.71. The van der Waals surface area contributed by atoms with Gasteiger partial charge < -0.3 is 30.9 Å². The Hall–Kier alpha value is -1.33. The summed E-state index contributed by atoms with van der Waals surface area (Å²) in [4.78, 5) is 21.2. The van der Waals surface area contributed by atoms with Gasteiger partial charge in [-0.05, 0) is 0 Å². The fraction of sp³-hybridized carbons (Fsp3) is 0.857. The van der Waals surface area contributed by atoms with Crippen LogP contribution in [0.15, 0.2) is 5.29 Å². The van der Waals surface area contributed by atoms with Gasteiger partial charge >= 0.3 is 6.03 Å². The van der Waals surface area contributed by atoms with Gasteiger partial charge in [0.05, 0.1) is 11.9 Å². The minimum Gasteiger partial charge on any atom is -0.394 e. The zero-order chi connectivity index (χ0) is 13.2. The van der Waals surface area contributed by atoms with Crippen LogP contribution in [0.25, 0.3) is 0 Å². The Morgan fingerprint density at radius 1 is 1.29 bits per heavy atom. The Labute approximate surface area is 95.1 Å². The standard InChI is InChI=1S/C7H13N3O7/c8-7(15)10(9-16)6-5(14)4(13)3(12)2(1-11)17-6/h2-6,11-14H,1H2,(H2,8,15)/t2?,3-,4-,5+,6+/m1/s1. The number of nitroso groups, excluding NO2 is 1. The second-order valence-electron chi connectivity index (χ2n) is 3.48. The van der Waals surface area contributed by atoms with E-state index < -0.39 is 43.3 Å². The lowest BCUT2D eigenvalue weighted by Crippen LogP contribution is -2.63. The fourth-order valence-electron chi connectivity index (χ4n) is 1.50. The number of urea groups is 1. The van der Waals surface area contributed by atoms with E-state index in [0.29, 0.717) is 0 Å². The second kappa shape index (κ2) is 5.33. The van der Waals surface area contributed by atoms with Crippen LogP contribution in [0, 0.1) is 4.91 Å². The first-order valence-electron chi connectivity index (χ1n) is 4.66. The van der Waals surface area contributed by atoms with Crippen LogP contribution in [-0.4, -0.2) is 68.7 Å². The highest BCUT2D eigenvalue weighted by Crippen LogP contribution is 2.23. The average Bonchev–Trinajstić information content (AvgIpc) is 2.29. The smallest absolute Gasteiger partial charge is 0.340 e. The number of amides is 2. The summed E-state index contributed by atoms with van der Waals surface area (Å²) < 4.78 is 4.87. The van der Waals surface area contributed by atoms with Gasteiger partial charge in [0.15, 0.2) is 6.23 Å². The lowest BCUT2D eigenvalue weighted by atomic mass is 9.98. The molecule has 0 aromatic rings. The van der Waals surface area contributed by atoms with Gasteiger partial charge in [-0.25, -0.2) is 4.79 Å². The molecule has 98 valence electrons. The average molecular weight is 251 g/mol. The number of rotatable bonds is 3. The predicted octanol–water partition coefficient (Wildman–Crippen LogP) is -3.15. The number of ether oxygens (including phenoxy) is 1. The monoisotopic (exact) mass is 251 g/mol. The number of primary amides is 1. The Morgan fingerprint density at radius 2 is 1.88 bits per heavy atom. The largest absolute Gasteiger partial charge is 0.394 e. The summed E-state index contributed by atoms with van der Waals surface area (Å²) in [6.07, 6.45) is -8.00. The normalized spacial score (nSPS) is 37.5. The van der Waals surface area contributed by atoms with Gasteiger partial charge in [0.25, 0.3) is 0 Å². The van der Waals surface area contributed by atoms with Crippen molar-refractivity contribution in [1.29, 1.82) is 0 Å². The number of carbonyl (C=O) groups is 1. The molecule has 5 atom stereocenters. The van der Waals surface area contributed by atoms with Crippen LogP contribution in [-0.2, 0) is 4.74 Å². The zero-order valence-corrected chi connectivity index (χ0v) is 8.58. The maximum absolute atomic E-state index is 10.8. The molecular weight excluding hydrogens is 238 g/mol. The van der Waals surface area contributed by atoms with Crippen LogP contribution in [0.4, 0.5) is 4.79 Å². The maximum atomic E-state index is 10.8. The molecule has 0 aliphatic carbocycles. The molecule has 17 heavy (non-hydrogen) atoms. The molecule has 1 rings (SSSR count). The molecule has 0 aromatic carbocycles. The quantitative estimate of drug-likeness (QED) is 0.261. The maximum Gasteiger partial charge on any atom is 0.340 e. The predicted molar refractivity (Wildman–Crippen MR) is 51.0 cm³/mol. The molecule has 0 saturated carbocycles. The molecule has 0 bridgehead atoms. The van der Waals surface area contributed by atoms with Crippen molar-refractivity contribution < 1.29 is 30.0 Å². The minimum atomic E-state index is -1.78. The summed E-state index contributed by atoms with van der Waals surface area (Å²) in [6, 6.07) is -1.30. The van der Waals surface area contributed by atoms with Gasteiger partial charge in [-0.3, -0.25) is 0 Å². The first kappa shape index (κ1) is 13.7. The van der Waals surface area contributed by atoms with E-state index in [2.05, 4.69) is 5.29 Å². The number of nitrogens with two attached hydrogens (primary N) is 1. The van der Waals surface area contributed by atoms with E-state index in [9.17, 15) is 25.0 Å². The van der Waals surface area contributed by atoms with E-state index >= 15 is 0 Å². The van der Waals surface area contributed by atoms with E-state index in [1.807, 2.05) is 0 Å². The highest BCUT2D eigenvalue weighted by atomic mass is 16.6. The number of hydrogen-bond donors (Lipinski definition) is 5. The Morgan fingerprint density at radius 3 is 2.29 bits per heavy atom. The first-order chi connectivity index (χ1) is 7.93.